The quantitative estimate of drug-likeness (QED) is 0.777. The van der Waals surface area contributed by atoms with E-state index in [0.29, 0.717) is 0 Å². The van der Waals surface area contributed by atoms with Crippen LogP contribution in [-0.2, 0) is 6.54 Å². The molecule has 0 radical (unpaired) electrons. The van der Waals surface area contributed by atoms with E-state index >= 15 is 0 Å². The molecule has 2 heterocycles. The number of nitrogens with one attached hydrogen (secondary N) is 1. The second kappa shape index (κ2) is 4.74. The molecule has 2 aromatic heterocycles. The van der Waals surface area contributed by atoms with Crippen LogP contribution in [0.5, 0.6) is 0 Å². The van der Waals surface area contributed by atoms with Crippen molar-refractivity contribution in [1.82, 2.24) is 9.36 Å². The Morgan fingerprint density at radius 1 is 1.17 bits per heavy atom. The van der Waals surface area contributed by atoms with Crippen molar-refractivity contribution >= 4 is 27.4 Å². The van der Waals surface area contributed by atoms with Crippen LogP contribution in [0.3, 0.4) is 0 Å². The molecule has 0 aliphatic heterocycles. The predicted molar refractivity (Wildman–Crippen MR) is 75.9 cm³/mol. The largest absolute Gasteiger partial charge is 0.371 e. The van der Waals surface area contributed by atoms with Gasteiger partial charge in [0.1, 0.15) is 5.00 Å². The van der Waals surface area contributed by atoms with Gasteiger partial charge < -0.3 is 5.32 Å². The van der Waals surface area contributed by atoms with Crippen LogP contribution in [0.15, 0.2) is 42.6 Å². The van der Waals surface area contributed by atoms with E-state index < -0.39 is 0 Å². The van der Waals surface area contributed by atoms with E-state index in [1.807, 2.05) is 37.4 Å². The van der Waals surface area contributed by atoms with E-state index in [4.69, 9.17) is 0 Å². The summed E-state index contributed by atoms with van der Waals surface area (Å²) in [6.07, 6.45) is 1.91. The van der Waals surface area contributed by atoms with Crippen molar-refractivity contribution in [2.45, 2.75) is 13.5 Å². The fourth-order valence-electron chi connectivity index (χ4n) is 1.80. The molecule has 0 saturated carbocycles. The summed E-state index contributed by atoms with van der Waals surface area (Å²) < 4.78 is 4.41. The summed E-state index contributed by atoms with van der Waals surface area (Å²) in [7, 11) is 0. The molecule has 90 valence electrons. The lowest BCUT2D eigenvalue weighted by Crippen LogP contribution is -1.98. The van der Waals surface area contributed by atoms with Gasteiger partial charge in [0, 0.05) is 23.8 Å². The first-order valence-electron chi connectivity index (χ1n) is 5.83. The number of rotatable bonds is 3. The Morgan fingerprint density at radius 2 is 2.06 bits per heavy atom. The first-order valence-corrected chi connectivity index (χ1v) is 6.60. The number of hydrogen-bond donors (Lipinski definition) is 1. The number of nitrogens with zero attached hydrogens (tertiary/aromatic N) is 2. The number of pyridine rings is 1. The molecule has 0 aliphatic rings. The predicted octanol–water partition coefficient (Wildman–Crippen LogP) is 3.61. The van der Waals surface area contributed by atoms with Crippen molar-refractivity contribution in [3.8, 4) is 0 Å². The van der Waals surface area contributed by atoms with Gasteiger partial charge in [0.05, 0.1) is 5.52 Å². The molecule has 18 heavy (non-hydrogen) atoms. The second-order valence-electron chi connectivity index (χ2n) is 4.19. The Balaban J connectivity index is 1.79. The van der Waals surface area contributed by atoms with Gasteiger partial charge in [-0.1, -0.05) is 18.2 Å². The average molecular weight is 255 g/mol. The van der Waals surface area contributed by atoms with Crippen LogP contribution < -0.4 is 5.32 Å². The molecule has 0 aliphatic carbocycles. The molecule has 1 aromatic carbocycles. The van der Waals surface area contributed by atoms with E-state index in [0.717, 1.165) is 22.8 Å². The number of benzene rings is 1. The third kappa shape index (κ3) is 2.19. The fourth-order valence-corrected chi connectivity index (χ4v) is 2.56. The Labute approximate surface area is 110 Å². The molecule has 1 N–H and O–H groups in total. The van der Waals surface area contributed by atoms with Crippen LogP contribution in [0.2, 0.25) is 0 Å². The van der Waals surface area contributed by atoms with E-state index in [9.17, 15) is 0 Å². The van der Waals surface area contributed by atoms with E-state index in [2.05, 4.69) is 26.8 Å². The highest BCUT2D eigenvalue weighted by Crippen LogP contribution is 2.27. The molecule has 4 heteroatoms. The summed E-state index contributed by atoms with van der Waals surface area (Å²) in [5.74, 6) is 0. The minimum atomic E-state index is 0.777. The highest BCUT2D eigenvalue weighted by molar-refractivity contribution is 7.11. The zero-order valence-corrected chi connectivity index (χ0v) is 10.9. The van der Waals surface area contributed by atoms with Crippen molar-refractivity contribution in [3.63, 3.8) is 0 Å². The molecule has 0 fully saturated rings. The normalized spacial score (nSPS) is 10.7. The van der Waals surface area contributed by atoms with Crippen molar-refractivity contribution in [2.75, 3.05) is 5.32 Å². The van der Waals surface area contributed by atoms with Crippen LogP contribution in [0.25, 0.3) is 10.9 Å². The SMILES string of the molecule is Cc1ccc(CNc2snc3ccccc23)cn1. The summed E-state index contributed by atoms with van der Waals surface area (Å²) in [6.45, 7) is 2.77. The zero-order chi connectivity index (χ0) is 12.4. The Hall–Kier alpha value is -1.94. The summed E-state index contributed by atoms with van der Waals surface area (Å²) in [6, 6.07) is 12.3. The number of aryl methyl sites for hydroxylation is 1. The van der Waals surface area contributed by atoms with Crippen LogP contribution in [-0.4, -0.2) is 9.36 Å². The molecular weight excluding hydrogens is 242 g/mol. The molecule has 0 bridgehead atoms. The first kappa shape index (κ1) is 11.2. The molecule has 0 amide bonds. The lowest BCUT2D eigenvalue weighted by atomic mass is 10.2. The maximum Gasteiger partial charge on any atom is 0.117 e. The molecule has 0 unspecified atom stereocenters. The standard InChI is InChI=1S/C14H13N3S/c1-10-6-7-11(8-15-10)9-16-14-12-4-2-3-5-13(12)17-18-14/h2-8,16H,9H2,1H3. The van der Waals surface area contributed by atoms with E-state index in [-0.39, 0.29) is 0 Å². The lowest BCUT2D eigenvalue weighted by molar-refractivity contribution is 1.09. The van der Waals surface area contributed by atoms with Gasteiger partial charge in [-0.2, -0.15) is 4.37 Å². The van der Waals surface area contributed by atoms with E-state index in [1.54, 1.807) is 0 Å². The summed E-state index contributed by atoms with van der Waals surface area (Å²) in [5.41, 5.74) is 3.27. The number of fused-ring (bicyclic) bond motifs is 1. The molecule has 3 aromatic rings. The minimum Gasteiger partial charge on any atom is -0.371 e. The van der Waals surface area contributed by atoms with Crippen molar-refractivity contribution in [3.05, 3.63) is 53.9 Å². The van der Waals surface area contributed by atoms with Crippen molar-refractivity contribution in [1.29, 1.82) is 0 Å². The molecule has 0 spiro atoms. The molecule has 0 saturated heterocycles. The smallest absolute Gasteiger partial charge is 0.117 e. The Bertz CT molecular complexity index is 658. The second-order valence-corrected chi connectivity index (χ2v) is 4.96. The number of aromatic nitrogens is 2. The minimum absolute atomic E-state index is 0.777. The van der Waals surface area contributed by atoms with Crippen LogP contribution in [0.4, 0.5) is 5.00 Å². The van der Waals surface area contributed by atoms with Gasteiger partial charge in [-0.25, -0.2) is 0 Å². The van der Waals surface area contributed by atoms with Gasteiger partial charge in [-0.15, -0.1) is 0 Å². The summed E-state index contributed by atoms with van der Waals surface area (Å²) >= 11 is 1.50. The molecule has 0 atom stereocenters. The Kier molecular flexibility index (Phi) is 2.94. The van der Waals surface area contributed by atoms with Gasteiger partial charge in [-0.3, -0.25) is 4.98 Å². The third-order valence-corrected chi connectivity index (χ3v) is 3.64. The zero-order valence-electron chi connectivity index (χ0n) is 10.1. The van der Waals surface area contributed by atoms with E-state index in [1.165, 1.54) is 22.5 Å². The van der Waals surface area contributed by atoms with Crippen molar-refractivity contribution in [2.24, 2.45) is 0 Å². The van der Waals surface area contributed by atoms with Gasteiger partial charge in [0.2, 0.25) is 0 Å². The molecular formula is C14H13N3S. The highest BCUT2D eigenvalue weighted by atomic mass is 32.1. The molecule has 3 rings (SSSR count). The van der Waals surface area contributed by atoms with Gasteiger partial charge >= 0.3 is 0 Å². The van der Waals surface area contributed by atoms with Crippen LogP contribution >= 0.6 is 11.5 Å². The summed E-state index contributed by atoms with van der Waals surface area (Å²) in [4.78, 5) is 4.29. The lowest BCUT2D eigenvalue weighted by Gasteiger charge is -2.04. The molecule has 3 nitrogen and oxygen atoms in total. The number of anilines is 1. The van der Waals surface area contributed by atoms with Crippen LogP contribution in [0, 0.1) is 6.92 Å². The third-order valence-electron chi connectivity index (χ3n) is 2.81. The van der Waals surface area contributed by atoms with Gasteiger partial charge in [-0.05, 0) is 42.2 Å². The first-order chi connectivity index (χ1) is 8.83. The van der Waals surface area contributed by atoms with Crippen molar-refractivity contribution < 1.29 is 0 Å². The number of hydrogen-bond acceptors (Lipinski definition) is 4. The average Bonchev–Trinajstić information content (AvgIpc) is 2.82. The Morgan fingerprint density at radius 3 is 2.89 bits per heavy atom. The monoisotopic (exact) mass is 255 g/mol. The van der Waals surface area contributed by atoms with Gasteiger partial charge in [0.25, 0.3) is 0 Å². The topological polar surface area (TPSA) is 37.8 Å². The maximum atomic E-state index is 4.41. The fraction of sp³-hybridized carbons (Fsp3) is 0.143. The van der Waals surface area contributed by atoms with Gasteiger partial charge in [0.15, 0.2) is 0 Å². The summed E-state index contributed by atoms with van der Waals surface area (Å²) in [5, 5.41) is 5.72. The van der Waals surface area contributed by atoms with Crippen LogP contribution in [0.1, 0.15) is 11.3 Å². The highest BCUT2D eigenvalue weighted by Gasteiger charge is 2.04. The maximum absolute atomic E-state index is 4.41.